The standard InChI is InChI=1S/C12H14O.C7H13NO.C6H5F/c13-12-9-5-4-8-11(12)10-6-2-1-3-7-10;1-8-6-4-2-3-5-7(6)9;7-6-4-2-1-3-5-6/h1-3,6-7,11H,4-5,8-9H2;6,8H,2-5H2,1H3;1-5H/t;6-;/m.0./s1. The molecule has 0 bridgehead atoms. The van der Waals surface area contributed by atoms with Gasteiger partial charge in [0, 0.05) is 18.8 Å². The van der Waals surface area contributed by atoms with Gasteiger partial charge in [0.05, 0.1) is 6.04 Å². The molecule has 0 saturated heterocycles. The molecule has 2 atom stereocenters. The lowest BCUT2D eigenvalue weighted by molar-refractivity contribution is -0.122. The zero-order chi connectivity index (χ0) is 20.9. The molecule has 4 rings (SSSR count). The molecule has 2 aliphatic rings. The summed E-state index contributed by atoms with van der Waals surface area (Å²) in [5, 5.41) is 3.00. The molecule has 2 fully saturated rings. The zero-order valence-electron chi connectivity index (χ0n) is 17.3. The first kappa shape index (κ1) is 23.0. The number of Topliss-reactive ketones (excluding diaryl/α,β-unsaturated/α-hetero) is 2. The van der Waals surface area contributed by atoms with Crippen LogP contribution in [-0.2, 0) is 9.59 Å². The number of carbonyl (C=O) groups is 2. The minimum Gasteiger partial charge on any atom is -0.311 e. The van der Waals surface area contributed by atoms with E-state index >= 15 is 0 Å². The molecule has 0 radical (unpaired) electrons. The summed E-state index contributed by atoms with van der Waals surface area (Å²) in [5.41, 5.74) is 1.20. The van der Waals surface area contributed by atoms with Crippen LogP contribution in [0.3, 0.4) is 0 Å². The Bertz CT molecular complexity index is 733. The van der Waals surface area contributed by atoms with Crippen LogP contribution in [0.2, 0.25) is 0 Å². The first-order chi connectivity index (χ1) is 14.1. The normalized spacial score (nSPS) is 21.3. The number of halogens is 1. The van der Waals surface area contributed by atoms with Crippen LogP contribution in [0.25, 0.3) is 0 Å². The summed E-state index contributed by atoms with van der Waals surface area (Å²) in [4.78, 5) is 22.6. The van der Waals surface area contributed by atoms with Crippen LogP contribution in [-0.4, -0.2) is 24.7 Å². The lowest BCUT2D eigenvalue weighted by Crippen LogP contribution is -2.36. The van der Waals surface area contributed by atoms with Gasteiger partial charge in [-0.3, -0.25) is 9.59 Å². The largest absolute Gasteiger partial charge is 0.311 e. The Labute approximate surface area is 173 Å². The summed E-state index contributed by atoms with van der Waals surface area (Å²) < 4.78 is 11.9. The summed E-state index contributed by atoms with van der Waals surface area (Å²) in [6.07, 6.45) is 8.23. The molecule has 0 heterocycles. The van der Waals surface area contributed by atoms with Gasteiger partial charge in [0.25, 0.3) is 0 Å². The van der Waals surface area contributed by atoms with Crippen molar-refractivity contribution in [3.05, 3.63) is 72.0 Å². The van der Waals surface area contributed by atoms with Crippen LogP contribution in [0.5, 0.6) is 0 Å². The monoisotopic (exact) mass is 397 g/mol. The summed E-state index contributed by atoms with van der Waals surface area (Å²) in [7, 11) is 1.86. The van der Waals surface area contributed by atoms with E-state index in [1.165, 1.54) is 30.5 Å². The Morgan fingerprint density at radius 3 is 1.76 bits per heavy atom. The molecule has 0 spiro atoms. The number of benzene rings is 2. The minimum atomic E-state index is -0.178. The van der Waals surface area contributed by atoms with Gasteiger partial charge in [0.15, 0.2) is 0 Å². The van der Waals surface area contributed by atoms with E-state index in [0.29, 0.717) is 11.6 Å². The second kappa shape index (κ2) is 13.0. The maximum atomic E-state index is 11.9. The van der Waals surface area contributed by atoms with Gasteiger partial charge >= 0.3 is 0 Å². The fraction of sp³-hybridized carbons (Fsp3) is 0.440. The smallest absolute Gasteiger partial charge is 0.149 e. The van der Waals surface area contributed by atoms with Crippen molar-refractivity contribution in [3.8, 4) is 0 Å². The Kier molecular flexibility index (Phi) is 10.3. The maximum absolute atomic E-state index is 11.9. The SMILES string of the molecule is CN[C@H]1CCCCC1=O.Fc1ccccc1.O=C1CCCCC1c1ccccc1. The van der Waals surface area contributed by atoms with Crippen LogP contribution in [0.1, 0.15) is 62.8 Å². The van der Waals surface area contributed by atoms with Gasteiger partial charge in [0.1, 0.15) is 17.4 Å². The van der Waals surface area contributed by atoms with E-state index in [2.05, 4.69) is 17.4 Å². The average Bonchev–Trinajstić information content (AvgIpc) is 2.77. The van der Waals surface area contributed by atoms with Crippen molar-refractivity contribution < 1.29 is 14.0 Å². The van der Waals surface area contributed by atoms with Crippen LogP contribution in [0.4, 0.5) is 4.39 Å². The topological polar surface area (TPSA) is 46.2 Å². The molecular weight excluding hydrogens is 365 g/mol. The molecule has 0 amide bonds. The Morgan fingerprint density at radius 1 is 0.759 bits per heavy atom. The number of ketones is 2. The van der Waals surface area contributed by atoms with Gasteiger partial charge in [-0.05, 0) is 50.4 Å². The van der Waals surface area contributed by atoms with E-state index in [-0.39, 0.29) is 17.8 Å². The van der Waals surface area contributed by atoms with Crippen molar-refractivity contribution in [2.75, 3.05) is 7.05 Å². The van der Waals surface area contributed by atoms with Crippen LogP contribution in [0, 0.1) is 5.82 Å². The molecule has 3 nitrogen and oxygen atoms in total. The van der Waals surface area contributed by atoms with Gasteiger partial charge in [-0.1, -0.05) is 61.4 Å². The van der Waals surface area contributed by atoms with Crippen molar-refractivity contribution in [2.24, 2.45) is 0 Å². The molecule has 2 aromatic carbocycles. The lowest BCUT2D eigenvalue weighted by atomic mass is 9.83. The second-order valence-electron chi connectivity index (χ2n) is 7.52. The Hall–Kier alpha value is -2.33. The molecule has 29 heavy (non-hydrogen) atoms. The third-order valence-electron chi connectivity index (χ3n) is 5.39. The van der Waals surface area contributed by atoms with E-state index in [0.717, 1.165) is 38.5 Å². The van der Waals surface area contributed by atoms with Crippen LogP contribution in [0.15, 0.2) is 60.7 Å². The van der Waals surface area contributed by atoms with Crippen LogP contribution < -0.4 is 5.32 Å². The molecular formula is C25H32FNO2. The van der Waals surface area contributed by atoms with Gasteiger partial charge in [0.2, 0.25) is 0 Å². The molecule has 0 aromatic heterocycles. The number of hydrogen-bond donors (Lipinski definition) is 1. The molecule has 2 aromatic rings. The predicted octanol–water partition coefficient (Wildman–Crippen LogP) is 5.46. The van der Waals surface area contributed by atoms with Crippen molar-refractivity contribution >= 4 is 11.6 Å². The van der Waals surface area contributed by atoms with E-state index in [1.54, 1.807) is 18.2 Å². The third-order valence-corrected chi connectivity index (χ3v) is 5.39. The zero-order valence-corrected chi connectivity index (χ0v) is 17.3. The van der Waals surface area contributed by atoms with Crippen molar-refractivity contribution in [2.45, 2.75) is 63.3 Å². The Balaban J connectivity index is 0.000000164. The van der Waals surface area contributed by atoms with E-state index in [9.17, 15) is 14.0 Å². The number of hydrogen-bond acceptors (Lipinski definition) is 3. The fourth-order valence-electron chi connectivity index (χ4n) is 3.72. The van der Waals surface area contributed by atoms with Crippen molar-refractivity contribution in [3.63, 3.8) is 0 Å². The Morgan fingerprint density at radius 2 is 1.31 bits per heavy atom. The van der Waals surface area contributed by atoms with E-state index in [4.69, 9.17) is 0 Å². The molecule has 156 valence electrons. The highest BCUT2D eigenvalue weighted by atomic mass is 19.1. The second-order valence-corrected chi connectivity index (χ2v) is 7.52. The summed E-state index contributed by atoms with van der Waals surface area (Å²) in [5.74, 6) is 0.832. The number of nitrogens with one attached hydrogen (secondary N) is 1. The minimum absolute atomic E-state index is 0.166. The van der Waals surface area contributed by atoms with E-state index < -0.39 is 0 Å². The lowest BCUT2D eigenvalue weighted by Gasteiger charge is -2.20. The molecule has 2 aliphatic carbocycles. The summed E-state index contributed by atoms with van der Waals surface area (Å²) in [6.45, 7) is 0. The molecule has 1 N–H and O–H groups in total. The van der Waals surface area contributed by atoms with Crippen molar-refractivity contribution in [1.29, 1.82) is 0 Å². The quantitative estimate of drug-likeness (QED) is 0.732. The molecule has 4 heteroatoms. The van der Waals surface area contributed by atoms with E-state index in [1.807, 2.05) is 25.2 Å². The first-order valence-electron chi connectivity index (χ1n) is 10.6. The van der Waals surface area contributed by atoms with Crippen molar-refractivity contribution in [1.82, 2.24) is 5.32 Å². The highest BCUT2D eigenvalue weighted by Gasteiger charge is 2.23. The maximum Gasteiger partial charge on any atom is 0.149 e. The highest BCUT2D eigenvalue weighted by molar-refractivity contribution is 5.86. The molecule has 1 unspecified atom stereocenters. The number of carbonyl (C=O) groups excluding carboxylic acids is 2. The van der Waals surface area contributed by atoms with Gasteiger partial charge in [-0.2, -0.15) is 0 Å². The first-order valence-corrected chi connectivity index (χ1v) is 10.6. The number of rotatable bonds is 2. The number of likely N-dealkylation sites (N-methyl/N-ethyl adjacent to an activating group) is 1. The third kappa shape index (κ3) is 8.28. The fourth-order valence-corrected chi connectivity index (χ4v) is 3.72. The van der Waals surface area contributed by atoms with Gasteiger partial charge in [-0.15, -0.1) is 0 Å². The van der Waals surface area contributed by atoms with Crippen LogP contribution >= 0.6 is 0 Å². The van der Waals surface area contributed by atoms with Gasteiger partial charge < -0.3 is 5.32 Å². The highest BCUT2D eigenvalue weighted by Crippen LogP contribution is 2.29. The summed E-state index contributed by atoms with van der Waals surface area (Å²) >= 11 is 0. The predicted molar refractivity (Wildman–Crippen MR) is 115 cm³/mol. The molecule has 0 aliphatic heterocycles. The average molecular weight is 398 g/mol. The molecule has 2 saturated carbocycles. The summed E-state index contributed by atoms with van der Waals surface area (Å²) in [6, 6.07) is 18.2. The van der Waals surface area contributed by atoms with Gasteiger partial charge in [-0.25, -0.2) is 4.39 Å².